The summed E-state index contributed by atoms with van der Waals surface area (Å²) in [6.45, 7) is 8.84. The molecule has 0 saturated heterocycles. The Labute approximate surface area is 179 Å². The number of rotatable bonds is 5. The van der Waals surface area contributed by atoms with E-state index in [0.29, 0.717) is 11.8 Å². The van der Waals surface area contributed by atoms with Gasteiger partial charge in [0.05, 0.1) is 11.4 Å². The molecule has 0 fully saturated rings. The van der Waals surface area contributed by atoms with E-state index in [1.54, 1.807) is 0 Å². The largest absolute Gasteiger partial charge is 0.254 e. The average molecular weight is 393 g/mol. The summed E-state index contributed by atoms with van der Waals surface area (Å²) in [6, 6.07) is 25.6. The first-order chi connectivity index (χ1) is 14.6. The molecule has 0 aliphatic carbocycles. The van der Waals surface area contributed by atoms with Crippen LogP contribution in [0.2, 0.25) is 0 Å². The minimum Gasteiger partial charge on any atom is -0.254 e. The molecule has 0 spiro atoms. The number of aliphatic imine (C=N–C) groups is 2. The molecule has 4 aromatic rings. The molecule has 0 bridgehead atoms. The van der Waals surface area contributed by atoms with E-state index in [4.69, 9.17) is 9.98 Å². The summed E-state index contributed by atoms with van der Waals surface area (Å²) >= 11 is 0. The van der Waals surface area contributed by atoms with Crippen molar-refractivity contribution in [1.29, 1.82) is 0 Å². The van der Waals surface area contributed by atoms with Crippen LogP contribution in [0.25, 0.3) is 21.5 Å². The second-order valence-electron chi connectivity index (χ2n) is 8.31. The molecule has 2 nitrogen and oxygen atoms in total. The molecular formula is C28H28N2. The van der Waals surface area contributed by atoms with E-state index in [1.165, 1.54) is 32.7 Å². The van der Waals surface area contributed by atoms with Crippen molar-refractivity contribution in [3.63, 3.8) is 0 Å². The van der Waals surface area contributed by atoms with Crippen LogP contribution >= 0.6 is 0 Å². The highest BCUT2D eigenvalue weighted by atomic mass is 14.8. The van der Waals surface area contributed by atoms with E-state index in [-0.39, 0.29) is 0 Å². The highest BCUT2D eigenvalue weighted by Crippen LogP contribution is 2.35. The van der Waals surface area contributed by atoms with Crippen molar-refractivity contribution < 1.29 is 0 Å². The third-order valence-electron chi connectivity index (χ3n) is 5.58. The van der Waals surface area contributed by atoms with Gasteiger partial charge in [-0.3, -0.25) is 9.98 Å². The Kier molecular flexibility index (Phi) is 5.76. The highest BCUT2D eigenvalue weighted by Gasteiger charge is 2.10. The third kappa shape index (κ3) is 3.91. The van der Waals surface area contributed by atoms with Crippen molar-refractivity contribution in [2.75, 3.05) is 0 Å². The van der Waals surface area contributed by atoms with Gasteiger partial charge in [0.25, 0.3) is 0 Å². The van der Waals surface area contributed by atoms with Gasteiger partial charge < -0.3 is 0 Å². The summed E-state index contributed by atoms with van der Waals surface area (Å²) in [4.78, 5) is 9.70. The van der Waals surface area contributed by atoms with Gasteiger partial charge in [-0.15, -0.1) is 0 Å². The SMILES string of the molecule is CC(C)c1ccc2ccccc2c1N=CC=Nc1c(C(C)C)ccc2ccccc12. The molecule has 0 aromatic heterocycles. The molecule has 30 heavy (non-hydrogen) atoms. The van der Waals surface area contributed by atoms with Crippen molar-refractivity contribution in [2.45, 2.75) is 39.5 Å². The second-order valence-corrected chi connectivity index (χ2v) is 8.31. The minimum atomic E-state index is 0.407. The zero-order valence-electron chi connectivity index (χ0n) is 18.1. The van der Waals surface area contributed by atoms with Gasteiger partial charge in [-0.1, -0.05) is 100 Å². The van der Waals surface area contributed by atoms with Crippen molar-refractivity contribution in [3.05, 3.63) is 83.9 Å². The van der Waals surface area contributed by atoms with E-state index < -0.39 is 0 Å². The molecule has 4 rings (SSSR count). The van der Waals surface area contributed by atoms with Crippen molar-refractivity contribution in [3.8, 4) is 0 Å². The molecule has 0 aliphatic heterocycles. The predicted octanol–water partition coefficient (Wildman–Crippen LogP) is 8.34. The lowest BCUT2D eigenvalue weighted by atomic mass is 9.96. The fourth-order valence-electron chi connectivity index (χ4n) is 3.98. The number of benzene rings is 4. The summed E-state index contributed by atoms with van der Waals surface area (Å²) in [7, 11) is 0. The molecule has 0 unspecified atom stereocenters. The average Bonchev–Trinajstić information content (AvgIpc) is 2.76. The zero-order valence-corrected chi connectivity index (χ0v) is 18.1. The van der Waals surface area contributed by atoms with Gasteiger partial charge in [-0.25, -0.2) is 0 Å². The number of fused-ring (bicyclic) bond motifs is 2. The maximum atomic E-state index is 4.85. The number of hydrogen-bond acceptors (Lipinski definition) is 2. The Balaban J connectivity index is 1.76. The van der Waals surface area contributed by atoms with E-state index >= 15 is 0 Å². The number of nitrogens with zero attached hydrogens (tertiary/aromatic N) is 2. The monoisotopic (exact) mass is 392 g/mol. The Morgan fingerprint density at radius 3 is 1.33 bits per heavy atom. The summed E-state index contributed by atoms with van der Waals surface area (Å²) in [5.41, 5.74) is 4.59. The first-order valence-electron chi connectivity index (χ1n) is 10.7. The summed E-state index contributed by atoms with van der Waals surface area (Å²) in [5, 5.41) is 4.78. The summed E-state index contributed by atoms with van der Waals surface area (Å²) < 4.78 is 0. The summed E-state index contributed by atoms with van der Waals surface area (Å²) in [6.07, 6.45) is 3.67. The van der Waals surface area contributed by atoms with Crippen LogP contribution in [0, 0.1) is 0 Å². The zero-order chi connectivity index (χ0) is 21.1. The molecule has 0 amide bonds. The van der Waals surface area contributed by atoms with Gasteiger partial charge in [-0.05, 0) is 33.7 Å². The Bertz CT molecular complexity index is 1150. The summed E-state index contributed by atoms with van der Waals surface area (Å²) in [5.74, 6) is 0.814. The molecule has 0 N–H and O–H groups in total. The molecule has 4 aromatic carbocycles. The van der Waals surface area contributed by atoms with Crippen LogP contribution in [-0.2, 0) is 0 Å². The normalized spacial score (nSPS) is 12.3. The van der Waals surface area contributed by atoms with Gasteiger partial charge in [-0.2, -0.15) is 0 Å². The van der Waals surface area contributed by atoms with Gasteiger partial charge in [0.2, 0.25) is 0 Å². The lowest BCUT2D eigenvalue weighted by Gasteiger charge is -2.12. The fourth-order valence-corrected chi connectivity index (χ4v) is 3.98. The first kappa shape index (κ1) is 20.0. The van der Waals surface area contributed by atoms with E-state index in [0.717, 1.165) is 11.4 Å². The third-order valence-corrected chi connectivity index (χ3v) is 5.58. The second kappa shape index (κ2) is 8.62. The lowest BCUT2D eigenvalue weighted by molar-refractivity contribution is 0.869. The first-order valence-corrected chi connectivity index (χ1v) is 10.7. The van der Waals surface area contributed by atoms with Crippen LogP contribution in [0.15, 0.2) is 82.8 Å². The minimum absolute atomic E-state index is 0.407. The van der Waals surface area contributed by atoms with Gasteiger partial charge in [0.1, 0.15) is 0 Å². The highest BCUT2D eigenvalue weighted by molar-refractivity contribution is 6.19. The maximum Gasteiger partial charge on any atom is 0.0743 e. The molecule has 150 valence electrons. The van der Waals surface area contributed by atoms with Gasteiger partial charge in [0, 0.05) is 23.2 Å². The van der Waals surface area contributed by atoms with Crippen LogP contribution in [0.4, 0.5) is 11.4 Å². The molecule has 0 atom stereocenters. The smallest absolute Gasteiger partial charge is 0.0743 e. The van der Waals surface area contributed by atoms with Crippen LogP contribution < -0.4 is 0 Å². The fraction of sp³-hybridized carbons (Fsp3) is 0.214. The lowest BCUT2D eigenvalue weighted by Crippen LogP contribution is -1.91. The van der Waals surface area contributed by atoms with Crippen LogP contribution in [0.1, 0.15) is 50.7 Å². The quantitative estimate of drug-likeness (QED) is 0.305. The Morgan fingerprint density at radius 1 is 0.533 bits per heavy atom. The molecule has 0 radical (unpaired) electrons. The molecule has 0 aliphatic rings. The molecule has 0 saturated carbocycles. The van der Waals surface area contributed by atoms with Crippen LogP contribution in [0.3, 0.4) is 0 Å². The standard InChI is InChI=1S/C28H28N2/c1-19(2)23-15-13-21-9-5-7-11-25(21)27(23)29-17-18-30-28-24(20(3)4)16-14-22-10-6-8-12-26(22)28/h5-20H,1-4H3. The topological polar surface area (TPSA) is 24.7 Å². The Morgan fingerprint density at radius 2 is 0.933 bits per heavy atom. The Hall–Kier alpha value is -3.26. The van der Waals surface area contributed by atoms with Crippen molar-refractivity contribution in [1.82, 2.24) is 0 Å². The van der Waals surface area contributed by atoms with E-state index in [1.807, 2.05) is 12.4 Å². The van der Waals surface area contributed by atoms with Crippen LogP contribution in [-0.4, -0.2) is 12.4 Å². The molecule has 0 heterocycles. The van der Waals surface area contributed by atoms with Crippen LogP contribution in [0.5, 0.6) is 0 Å². The predicted molar refractivity (Wildman–Crippen MR) is 132 cm³/mol. The van der Waals surface area contributed by atoms with Gasteiger partial charge >= 0.3 is 0 Å². The number of hydrogen-bond donors (Lipinski definition) is 0. The maximum absolute atomic E-state index is 4.85. The van der Waals surface area contributed by atoms with Crippen molar-refractivity contribution >= 4 is 45.3 Å². The molecule has 2 heteroatoms. The van der Waals surface area contributed by atoms with E-state index in [2.05, 4.69) is 100 Å². The van der Waals surface area contributed by atoms with Crippen molar-refractivity contribution in [2.24, 2.45) is 9.98 Å². The molecular weight excluding hydrogens is 364 g/mol. The van der Waals surface area contributed by atoms with E-state index in [9.17, 15) is 0 Å². The van der Waals surface area contributed by atoms with Gasteiger partial charge in [0.15, 0.2) is 0 Å².